The van der Waals surface area contributed by atoms with Crippen molar-refractivity contribution >= 4 is 5.82 Å². The molecule has 0 spiro atoms. The minimum atomic E-state index is -0.176. The van der Waals surface area contributed by atoms with Gasteiger partial charge in [-0.2, -0.15) is 0 Å². The van der Waals surface area contributed by atoms with E-state index in [-0.39, 0.29) is 11.9 Å². The van der Waals surface area contributed by atoms with Gasteiger partial charge in [0.1, 0.15) is 11.6 Å². The summed E-state index contributed by atoms with van der Waals surface area (Å²) in [5, 5.41) is 3.11. The number of rotatable bonds is 6. The van der Waals surface area contributed by atoms with E-state index in [1.54, 1.807) is 18.5 Å². The quantitative estimate of drug-likeness (QED) is 0.886. The van der Waals surface area contributed by atoms with Crippen LogP contribution in [-0.2, 0) is 6.54 Å². The molecule has 0 fully saturated rings. The first-order chi connectivity index (χ1) is 10.1. The Labute approximate surface area is 125 Å². The van der Waals surface area contributed by atoms with Crippen molar-refractivity contribution in [2.24, 2.45) is 0 Å². The maximum Gasteiger partial charge on any atom is 0.144 e. The fourth-order valence-corrected chi connectivity index (χ4v) is 2.15. The largest absolute Gasteiger partial charge is 0.369 e. The van der Waals surface area contributed by atoms with Crippen molar-refractivity contribution in [2.45, 2.75) is 26.4 Å². The zero-order valence-electron chi connectivity index (χ0n) is 12.7. The lowest BCUT2D eigenvalue weighted by molar-refractivity contribution is 0.245. The van der Waals surface area contributed by atoms with Gasteiger partial charge in [-0.05, 0) is 27.0 Å². The lowest BCUT2D eigenvalue weighted by Crippen LogP contribution is -2.23. The molecule has 1 atom stereocenters. The molecule has 5 heteroatoms. The van der Waals surface area contributed by atoms with E-state index in [1.165, 1.54) is 6.07 Å². The van der Waals surface area contributed by atoms with E-state index in [4.69, 9.17) is 0 Å². The molecule has 0 saturated carbocycles. The van der Waals surface area contributed by atoms with Crippen LogP contribution in [0.4, 0.5) is 10.2 Å². The summed E-state index contributed by atoms with van der Waals surface area (Å²) in [5.74, 6) is 0.594. The molecule has 0 saturated heterocycles. The molecule has 0 bridgehead atoms. The monoisotopic (exact) mass is 288 g/mol. The molecule has 21 heavy (non-hydrogen) atoms. The molecule has 0 aliphatic heterocycles. The van der Waals surface area contributed by atoms with E-state index in [1.807, 2.05) is 33.0 Å². The van der Waals surface area contributed by atoms with Crippen molar-refractivity contribution in [1.29, 1.82) is 0 Å². The molecule has 1 N–H and O–H groups in total. The Bertz CT molecular complexity index is 571. The first-order valence-electron chi connectivity index (χ1n) is 7.11. The van der Waals surface area contributed by atoms with E-state index in [9.17, 15) is 4.39 Å². The number of aromatic nitrogens is 2. The van der Waals surface area contributed by atoms with Crippen LogP contribution in [0.25, 0.3) is 0 Å². The molecule has 1 heterocycles. The number of hydrogen-bond donors (Lipinski definition) is 1. The Morgan fingerprint density at radius 3 is 2.62 bits per heavy atom. The van der Waals surface area contributed by atoms with Crippen LogP contribution in [0.2, 0.25) is 0 Å². The number of anilines is 1. The molecule has 2 rings (SSSR count). The Morgan fingerprint density at radius 1 is 1.24 bits per heavy atom. The summed E-state index contributed by atoms with van der Waals surface area (Å²) < 4.78 is 13.8. The molecule has 1 aromatic carbocycles. The second-order valence-corrected chi connectivity index (χ2v) is 5.04. The predicted octanol–water partition coefficient (Wildman–Crippen LogP) is 3.24. The zero-order valence-corrected chi connectivity index (χ0v) is 12.7. The third-order valence-corrected chi connectivity index (χ3v) is 3.49. The van der Waals surface area contributed by atoms with Crippen LogP contribution < -0.4 is 5.32 Å². The molecule has 0 aliphatic carbocycles. The van der Waals surface area contributed by atoms with Gasteiger partial charge >= 0.3 is 0 Å². The minimum Gasteiger partial charge on any atom is -0.369 e. The number of nitrogens with one attached hydrogen (secondary N) is 1. The van der Waals surface area contributed by atoms with Crippen molar-refractivity contribution in [3.63, 3.8) is 0 Å². The third-order valence-electron chi connectivity index (χ3n) is 3.49. The summed E-state index contributed by atoms with van der Waals surface area (Å²) in [6, 6.07) is 6.84. The summed E-state index contributed by atoms with van der Waals surface area (Å²) >= 11 is 0. The summed E-state index contributed by atoms with van der Waals surface area (Å²) in [6.07, 6.45) is 3.48. The molecule has 0 aliphatic rings. The van der Waals surface area contributed by atoms with Gasteiger partial charge in [0, 0.05) is 24.7 Å². The Kier molecular flexibility index (Phi) is 5.22. The highest BCUT2D eigenvalue weighted by Gasteiger charge is 2.15. The first kappa shape index (κ1) is 15.4. The van der Waals surface area contributed by atoms with Gasteiger partial charge in [0.05, 0.1) is 18.1 Å². The standard InChI is InChI=1S/C16H21FN4/c1-4-18-16-10-19-13(9-20-16)11-21(3)12(2)14-7-5-6-8-15(14)17/h5-10,12H,4,11H2,1-3H3,(H,18,20). The van der Waals surface area contributed by atoms with Gasteiger partial charge in [-0.25, -0.2) is 9.37 Å². The highest BCUT2D eigenvalue weighted by molar-refractivity contribution is 5.30. The molecule has 1 unspecified atom stereocenters. The summed E-state index contributed by atoms with van der Waals surface area (Å²) in [6.45, 7) is 5.44. The summed E-state index contributed by atoms with van der Waals surface area (Å²) in [5.41, 5.74) is 1.56. The van der Waals surface area contributed by atoms with Crippen molar-refractivity contribution in [3.8, 4) is 0 Å². The van der Waals surface area contributed by atoms with Gasteiger partial charge in [-0.1, -0.05) is 18.2 Å². The van der Waals surface area contributed by atoms with E-state index in [0.29, 0.717) is 12.1 Å². The first-order valence-corrected chi connectivity index (χ1v) is 7.11. The average Bonchev–Trinajstić information content (AvgIpc) is 2.49. The predicted molar refractivity (Wildman–Crippen MR) is 82.5 cm³/mol. The summed E-state index contributed by atoms with van der Waals surface area (Å²) in [7, 11) is 1.96. The maximum atomic E-state index is 13.8. The Hall–Kier alpha value is -2.01. The molecule has 112 valence electrons. The van der Waals surface area contributed by atoms with E-state index in [0.717, 1.165) is 18.1 Å². The topological polar surface area (TPSA) is 41.1 Å². The number of hydrogen-bond acceptors (Lipinski definition) is 4. The highest BCUT2D eigenvalue weighted by atomic mass is 19.1. The summed E-state index contributed by atoms with van der Waals surface area (Å²) in [4.78, 5) is 10.7. The molecule has 0 amide bonds. The van der Waals surface area contributed by atoms with E-state index < -0.39 is 0 Å². The maximum absolute atomic E-state index is 13.8. The third kappa shape index (κ3) is 3.98. The second-order valence-electron chi connectivity index (χ2n) is 5.04. The minimum absolute atomic E-state index is 0.0264. The molecule has 4 nitrogen and oxygen atoms in total. The van der Waals surface area contributed by atoms with Crippen LogP contribution in [0, 0.1) is 5.82 Å². The Balaban J connectivity index is 2.03. The van der Waals surface area contributed by atoms with E-state index >= 15 is 0 Å². The fraction of sp³-hybridized carbons (Fsp3) is 0.375. The number of benzene rings is 1. The zero-order chi connectivity index (χ0) is 15.2. The average molecular weight is 288 g/mol. The van der Waals surface area contributed by atoms with Crippen molar-refractivity contribution in [2.75, 3.05) is 18.9 Å². The molecular formula is C16H21FN4. The van der Waals surface area contributed by atoms with Crippen LogP contribution in [0.5, 0.6) is 0 Å². The van der Waals surface area contributed by atoms with Crippen LogP contribution >= 0.6 is 0 Å². The van der Waals surface area contributed by atoms with Crippen LogP contribution in [-0.4, -0.2) is 28.5 Å². The molecule has 2 aromatic rings. The number of halogens is 1. The number of nitrogens with zero attached hydrogens (tertiary/aromatic N) is 3. The van der Waals surface area contributed by atoms with Gasteiger partial charge in [0.15, 0.2) is 0 Å². The van der Waals surface area contributed by atoms with Crippen LogP contribution in [0.1, 0.15) is 31.1 Å². The highest BCUT2D eigenvalue weighted by Crippen LogP contribution is 2.22. The lowest BCUT2D eigenvalue weighted by Gasteiger charge is -2.25. The Morgan fingerprint density at radius 2 is 2.00 bits per heavy atom. The molecule has 1 aromatic heterocycles. The van der Waals surface area contributed by atoms with Crippen molar-refractivity contribution < 1.29 is 4.39 Å². The van der Waals surface area contributed by atoms with Gasteiger partial charge < -0.3 is 5.32 Å². The van der Waals surface area contributed by atoms with Crippen molar-refractivity contribution in [1.82, 2.24) is 14.9 Å². The van der Waals surface area contributed by atoms with Gasteiger partial charge in [0.25, 0.3) is 0 Å². The van der Waals surface area contributed by atoms with Gasteiger partial charge in [0.2, 0.25) is 0 Å². The van der Waals surface area contributed by atoms with Crippen molar-refractivity contribution in [3.05, 3.63) is 53.7 Å². The van der Waals surface area contributed by atoms with E-state index in [2.05, 4.69) is 20.2 Å². The SMILES string of the molecule is CCNc1cnc(CN(C)C(C)c2ccccc2F)cn1. The molecular weight excluding hydrogens is 267 g/mol. The fourth-order valence-electron chi connectivity index (χ4n) is 2.15. The normalized spacial score (nSPS) is 12.4. The van der Waals surface area contributed by atoms with Gasteiger partial charge in [-0.3, -0.25) is 9.88 Å². The van der Waals surface area contributed by atoms with Gasteiger partial charge in [-0.15, -0.1) is 0 Å². The van der Waals surface area contributed by atoms with Crippen LogP contribution in [0.15, 0.2) is 36.7 Å². The smallest absolute Gasteiger partial charge is 0.144 e. The van der Waals surface area contributed by atoms with Crippen LogP contribution in [0.3, 0.4) is 0 Å². The molecule has 0 radical (unpaired) electrons. The lowest BCUT2D eigenvalue weighted by atomic mass is 10.1. The second kappa shape index (κ2) is 7.13.